The Balaban J connectivity index is 1.91. The number of aliphatic hydroxyl groups excluding tert-OH is 1. The minimum atomic E-state index is -3.73. The smallest absolute Gasteiger partial charge is 0.260 e. The molecule has 1 fully saturated rings. The van der Waals surface area contributed by atoms with Crippen molar-refractivity contribution in [2.24, 2.45) is 5.92 Å². The first-order chi connectivity index (χ1) is 15.7. The van der Waals surface area contributed by atoms with E-state index < -0.39 is 24.9 Å². The average Bonchev–Trinajstić information content (AvgIpc) is 2.81. The Morgan fingerprint density at radius 2 is 1.61 bits per heavy atom. The van der Waals surface area contributed by atoms with Crippen LogP contribution >= 0.6 is 7.37 Å². The van der Waals surface area contributed by atoms with Gasteiger partial charge in [-0.15, -0.1) is 0 Å². The van der Waals surface area contributed by atoms with Crippen molar-refractivity contribution in [3.05, 3.63) is 66.2 Å². The van der Waals surface area contributed by atoms with Crippen molar-refractivity contribution in [1.82, 2.24) is 5.32 Å². The molecule has 0 saturated heterocycles. The Labute approximate surface area is 198 Å². The van der Waals surface area contributed by atoms with Gasteiger partial charge in [0.1, 0.15) is 11.9 Å². The monoisotopic (exact) mass is 471 g/mol. The van der Waals surface area contributed by atoms with Crippen LogP contribution in [0, 0.1) is 5.92 Å². The highest BCUT2D eigenvalue weighted by atomic mass is 31.2. The number of carbonyl (C=O) groups excluding carboxylic acids is 1. The summed E-state index contributed by atoms with van der Waals surface area (Å²) in [5.74, 6) is -1.52. The first kappa shape index (κ1) is 25.7. The third-order valence-corrected chi connectivity index (χ3v) is 8.85. The number of nitrogens with one attached hydrogen (secondary N) is 1. The molecule has 180 valence electrons. The fraction of sp³-hybridized carbons (Fsp3) is 0.519. The minimum absolute atomic E-state index is 0.0924. The van der Waals surface area contributed by atoms with Gasteiger partial charge in [0.25, 0.3) is 7.37 Å². The molecule has 0 aromatic heterocycles. The van der Waals surface area contributed by atoms with E-state index in [-0.39, 0.29) is 11.8 Å². The molecule has 2 aromatic rings. The summed E-state index contributed by atoms with van der Waals surface area (Å²) in [4.78, 5) is 13.2. The molecule has 0 radical (unpaired) electrons. The van der Waals surface area contributed by atoms with Crippen LogP contribution in [0.5, 0.6) is 0 Å². The van der Waals surface area contributed by atoms with Crippen LogP contribution < -0.4 is 10.6 Å². The molecule has 1 saturated carbocycles. The second-order valence-electron chi connectivity index (χ2n) is 10.1. The van der Waals surface area contributed by atoms with Crippen LogP contribution in [0.1, 0.15) is 64.9 Å². The van der Waals surface area contributed by atoms with Gasteiger partial charge in [0.2, 0.25) is 5.91 Å². The fourth-order valence-electron chi connectivity index (χ4n) is 4.43. The van der Waals surface area contributed by atoms with Crippen LogP contribution in [0.4, 0.5) is 0 Å². The molecule has 3 atom stereocenters. The van der Waals surface area contributed by atoms with Gasteiger partial charge in [-0.3, -0.25) is 9.36 Å². The molecule has 1 aliphatic rings. The summed E-state index contributed by atoms with van der Waals surface area (Å²) in [6.45, 7) is 5.73. The van der Waals surface area contributed by atoms with E-state index in [2.05, 4.69) is 5.32 Å². The highest BCUT2D eigenvalue weighted by Crippen LogP contribution is 2.55. The van der Waals surface area contributed by atoms with Crippen molar-refractivity contribution in [3.63, 3.8) is 0 Å². The Morgan fingerprint density at radius 1 is 1.03 bits per heavy atom. The molecule has 0 spiro atoms. The quantitative estimate of drug-likeness (QED) is 0.479. The zero-order valence-electron chi connectivity index (χ0n) is 20.1. The zero-order valence-corrected chi connectivity index (χ0v) is 21.0. The van der Waals surface area contributed by atoms with Crippen molar-refractivity contribution in [1.29, 1.82) is 0 Å². The van der Waals surface area contributed by atoms with E-state index >= 15 is 0 Å². The van der Waals surface area contributed by atoms with Crippen molar-refractivity contribution in [3.8, 4) is 0 Å². The third kappa shape index (κ3) is 7.27. The summed E-state index contributed by atoms with van der Waals surface area (Å²) in [5, 5.41) is 14.8. The molecule has 6 heteroatoms. The lowest BCUT2D eigenvalue weighted by atomic mass is 9.90. The van der Waals surface area contributed by atoms with Crippen LogP contribution in [-0.4, -0.2) is 28.5 Å². The minimum Gasteiger partial charge on any atom is -0.382 e. The molecule has 3 rings (SSSR count). The topological polar surface area (TPSA) is 75.6 Å². The highest BCUT2D eigenvalue weighted by Gasteiger charge is 2.43. The van der Waals surface area contributed by atoms with Gasteiger partial charge in [-0.2, -0.15) is 0 Å². The number of carbonyl (C=O) groups is 1. The van der Waals surface area contributed by atoms with E-state index in [1.165, 1.54) is 0 Å². The predicted octanol–water partition coefficient (Wildman–Crippen LogP) is 5.42. The van der Waals surface area contributed by atoms with E-state index in [9.17, 15) is 14.5 Å². The standard InChI is InChI=1S/C27H38NO4P/c1-27(2,3)28-25(29)24(20-19-21-13-7-4-8-14-21)32-33(31,23-17-11-6-12-18-23)26(30)22-15-9-5-10-16-22/h4,6-8,11-14,17-18,22,24,26,30H,5,9-10,15-16,19-20H2,1-3H3,(H,28,29). The summed E-state index contributed by atoms with van der Waals surface area (Å²) in [6, 6.07) is 18.8. The number of aryl methyl sites for hydroxylation is 1. The predicted molar refractivity (Wildman–Crippen MR) is 134 cm³/mol. The summed E-state index contributed by atoms with van der Waals surface area (Å²) < 4.78 is 20.7. The lowest BCUT2D eigenvalue weighted by Crippen LogP contribution is -2.47. The maximum absolute atomic E-state index is 14.5. The van der Waals surface area contributed by atoms with Gasteiger partial charge in [0, 0.05) is 10.8 Å². The third-order valence-electron chi connectivity index (χ3n) is 6.15. The van der Waals surface area contributed by atoms with Gasteiger partial charge in [0.05, 0.1) is 0 Å². The Kier molecular flexibility index (Phi) is 8.92. The van der Waals surface area contributed by atoms with Crippen molar-refractivity contribution in [2.75, 3.05) is 0 Å². The number of aliphatic hydroxyl groups is 1. The van der Waals surface area contributed by atoms with E-state index in [1.807, 2.05) is 57.2 Å². The summed E-state index contributed by atoms with van der Waals surface area (Å²) in [6.07, 6.45) is 4.85. The first-order valence-electron chi connectivity index (χ1n) is 12.1. The molecule has 2 N–H and O–H groups in total. The Morgan fingerprint density at radius 3 is 2.18 bits per heavy atom. The largest absolute Gasteiger partial charge is 0.382 e. The SMILES string of the molecule is CC(C)(C)NC(=O)C(CCc1ccccc1)OP(=O)(c1ccccc1)C(O)C1CCCCC1. The molecule has 0 bridgehead atoms. The molecule has 5 nitrogen and oxygen atoms in total. The van der Waals surface area contributed by atoms with E-state index in [0.29, 0.717) is 18.1 Å². The molecule has 1 amide bonds. The first-order valence-corrected chi connectivity index (χ1v) is 13.8. The van der Waals surface area contributed by atoms with Gasteiger partial charge < -0.3 is 14.9 Å². The summed E-state index contributed by atoms with van der Waals surface area (Å²) in [7, 11) is -3.73. The molecular weight excluding hydrogens is 433 g/mol. The molecule has 1 aliphatic carbocycles. The van der Waals surface area contributed by atoms with E-state index in [1.54, 1.807) is 24.3 Å². The van der Waals surface area contributed by atoms with Gasteiger partial charge in [-0.05, 0) is 70.1 Å². The van der Waals surface area contributed by atoms with Gasteiger partial charge in [0.15, 0.2) is 0 Å². The number of hydrogen-bond donors (Lipinski definition) is 2. The van der Waals surface area contributed by atoms with Crippen molar-refractivity contribution >= 4 is 18.6 Å². The van der Waals surface area contributed by atoms with E-state index in [4.69, 9.17) is 4.52 Å². The maximum Gasteiger partial charge on any atom is 0.260 e. The second kappa shape index (κ2) is 11.5. The number of benzene rings is 2. The highest BCUT2D eigenvalue weighted by molar-refractivity contribution is 7.67. The Bertz CT molecular complexity index is 920. The summed E-state index contributed by atoms with van der Waals surface area (Å²) in [5.41, 5.74) is 0.626. The molecule has 0 aliphatic heterocycles. The molecular formula is C27H38NO4P. The van der Waals surface area contributed by atoms with Gasteiger partial charge >= 0.3 is 0 Å². The molecule has 2 aromatic carbocycles. The maximum atomic E-state index is 14.5. The number of amides is 1. The summed E-state index contributed by atoms with van der Waals surface area (Å²) >= 11 is 0. The van der Waals surface area contributed by atoms with Crippen LogP contribution in [0.3, 0.4) is 0 Å². The molecule has 3 unspecified atom stereocenters. The lowest BCUT2D eigenvalue weighted by Gasteiger charge is -2.35. The Hall–Kier alpha value is -1.94. The van der Waals surface area contributed by atoms with Crippen LogP contribution in [0.15, 0.2) is 60.7 Å². The second-order valence-corrected chi connectivity index (χ2v) is 12.6. The van der Waals surface area contributed by atoms with E-state index in [0.717, 1.165) is 37.7 Å². The number of hydrogen-bond acceptors (Lipinski definition) is 4. The molecule has 33 heavy (non-hydrogen) atoms. The van der Waals surface area contributed by atoms with Gasteiger partial charge in [-0.25, -0.2) is 0 Å². The van der Waals surface area contributed by atoms with Crippen LogP contribution in [-0.2, 0) is 20.3 Å². The lowest BCUT2D eigenvalue weighted by molar-refractivity contribution is -0.129. The van der Waals surface area contributed by atoms with Crippen molar-refractivity contribution < 1.29 is 19.0 Å². The van der Waals surface area contributed by atoms with Gasteiger partial charge in [-0.1, -0.05) is 67.8 Å². The average molecular weight is 472 g/mol. The molecule has 0 heterocycles. The fourth-order valence-corrected chi connectivity index (χ4v) is 7.01. The normalized spacial score (nSPS) is 18.8. The number of rotatable bonds is 9. The van der Waals surface area contributed by atoms with Crippen LogP contribution in [0.25, 0.3) is 0 Å². The zero-order chi connectivity index (χ0) is 23.9. The van der Waals surface area contributed by atoms with Crippen molar-refractivity contribution in [2.45, 2.75) is 83.2 Å². The van der Waals surface area contributed by atoms with Crippen LogP contribution in [0.2, 0.25) is 0 Å².